The predicted octanol–water partition coefficient (Wildman–Crippen LogP) is 4.21. The molecule has 2 aliphatic rings. The van der Waals surface area contributed by atoms with E-state index in [0.717, 1.165) is 31.7 Å². The minimum Gasteiger partial charge on any atom is -0.319 e. The molecule has 35 heavy (non-hydrogen) atoms. The fraction of sp³-hybridized carbons (Fsp3) is 0.310. The summed E-state index contributed by atoms with van der Waals surface area (Å²) in [4.78, 5) is 32.5. The predicted molar refractivity (Wildman–Crippen MR) is 137 cm³/mol. The molecule has 5 rings (SSSR count). The molecule has 6 nitrogen and oxygen atoms in total. The topological polar surface area (TPSA) is 55.9 Å². The zero-order valence-electron chi connectivity index (χ0n) is 20.1. The molecule has 3 aromatic rings. The van der Waals surface area contributed by atoms with Crippen molar-refractivity contribution in [1.29, 1.82) is 0 Å². The van der Waals surface area contributed by atoms with Crippen molar-refractivity contribution in [3.63, 3.8) is 0 Å². The zero-order valence-corrected chi connectivity index (χ0v) is 20.1. The Morgan fingerprint density at radius 2 is 1.29 bits per heavy atom. The zero-order chi connectivity index (χ0) is 24.3. The maximum atomic E-state index is 13.5. The minimum atomic E-state index is -0.980. The lowest BCUT2D eigenvalue weighted by Gasteiger charge is -2.40. The lowest BCUT2D eigenvalue weighted by atomic mass is 9.87. The number of nitrogens with zero attached hydrogens (tertiary/aromatic N) is 3. The van der Waals surface area contributed by atoms with Crippen LogP contribution in [0.3, 0.4) is 0 Å². The summed E-state index contributed by atoms with van der Waals surface area (Å²) in [6, 6.07) is 30.6. The van der Waals surface area contributed by atoms with E-state index in [1.807, 2.05) is 49.4 Å². The van der Waals surface area contributed by atoms with Gasteiger partial charge in [-0.25, -0.2) is 9.69 Å². The van der Waals surface area contributed by atoms with Crippen molar-refractivity contribution in [2.45, 2.75) is 24.9 Å². The maximum absolute atomic E-state index is 13.5. The van der Waals surface area contributed by atoms with Crippen molar-refractivity contribution < 1.29 is 9.59 Å². The van der Waals surface area contributed by atoms with Crippen molar-refractivity contribution in [3.05, 3.63) is 108 Å². The standard InChI is InChI=1S/C29H32N4O2/c1-2-29(25-16-10-5-11-17-25)27(34)33(28(35)30-29)22-31-18-20-32(21-19-31)26(23-12-6-3-7-13-23)24-14-8-4-9-15-24/h3-17,26H,2,18-22H2,1H3,(H,30,35)/t29-/m1/s1. The van der Waals surface area contributed by atoms with Gasteiger partial charge in [-0.15, -0.1) is 0 Å². The van der Waals surface area contributed by atoms with E-state index in [-0.39, 0.29) is 18.0 Å². The highest BCUT2D eigenvalue weighted by molar-refractivity contribution is 6.07. The lowest BCUT2D eigenvalue weighted by Crippen LogP contribution is -2.52. The average Bonchev–Trinajstić information content (AvgIpc) is 3.17. The Bertz CT molecular complexity index is 1110. The average molecular weight is 469 g/mol. The maximum Gasteiger partial charge on any atom is 0.326 e. The molecule has 1 N–H and O–H groups in total. The summed E-state index contributed by atoms with van der Waals surface area (Å²) in [6.45, 7) is 5.55. The number of urea groups is 1. The number of hydrogen-bond donors (Lipinski definition) is 1. The highest BCUT2D eigenvalue weighted by atomic mass is 16.2. The summed E-state index contributed by atoms with van der Waals surface area (Å²) >= 11 is 0. The van der Waals surface area contributed by atoms with Crippen LogP contribution in [0.1, 0.15) is 36.1 Å². The second-order valence-corrected chi connectivity index (χ2v) is 9.31. The number of carbonyl (C=O) groups excluding carboxylic acids is 2. The second kappa shape index (κ2) is 10.0. The van der Waals surface area contributed by atoms with Gasteiger partial charge in [-0.2, -0.15) is 0 Å². The second-order valence-electron chi connectivity index (χ2n) is 9.31. The van der Waals surface area contributed by atoms with E-state index in [4.69, 9.17) is 0 Å². The van der Waals surface area contributed by atoms with Gasteiger partial charge in [0.2, 0.25) is 0 Å². The fourth-order valence-corrected chi connectivity index (χ4v) is 5.36. The molecule has 6 heteroatoms. The van der Waals surface area contributed by atoms with E-state index in [1.165, 1.54) is 16.0 Å². The van der Waals surface area contributed by atoms with Crippen molar-refractivity contribution in [2.75, 3.05) is 32.8 Å². The van der Waals surface area contributed by atoms with E-state index in [9.17, 15) is 9.59 Å². The van der Waals surface area contributed by atoms with Crippen LogP contribution < -0.4 is 5.32 Å². The monoisotopic (exact) mass is 468 g/mol. The normalized spacial score (nSPS) is 21.5. The first kappa shape index (κ1) is 23.3. The van der Waals surface area contributed by atoms with Crippen LogP contribution in [-0.4, -0.2) is 59.5 Å². The molecule has 1 atom stereocenters. The van der Waals surface area contributed by atoms with Gasteiger partial charge in [-0.3, -0.25) is 14.6 Å². The first-order chi connectivity index (χ1) is 17.1. The number of nitrogens with one attached hydrogen (secondary N) is 1. The summed E-state index contributed by atoms with van der Waals surface area (Å²) in [5.74, 6) is -0.162. The largest absolute Gasteiger partial charge is 0.326 e. The van der Waals surface area contributed by atoms with Crippen LogP contribution in [0.25, 0.3) is 0 Å². The van der Waals surface area contributed by atoms with Crippen LogP contribution in [0.4, 0.5) is 4.79 Å². The quantitative estimate of drug-likeness (QED) is 0.528. The Morgan fingerprint density at radius 3 is 1.80 bits per heavy atom. The first-order valence-corrected chi connectivity index (χ1v) is 12.4. The van der Waals surface area contributed by atoms with Crippen molar-refractivity contribution in [3.8, 4) is 0 Å². The van der Waals surface area contributed by atoms with Gasteiger partial charge in [0.25, 0.3) is 5.91 Å². The third kappa shape index (κ3) is 4.47. The molecule has 0 aromatic heterocycles. The van der Waals surface area contributed by atoms with Gasteiger partial charge in [0.15, 0.2) is 0 Å². The molecule has 0 bridgehead atoms. The molecule has 0 unspecified atom stereocenters. The summed E-state index contributed by atoms with van der Waals surface area (Å²) < 4.78 is 0. The van der Waals surface area contributed by atoms with E-state index >= 15 is 0 Å². The molecule has 180 valence electrons. The summed E-state index contributed by atoms with van der Waals surface area (Å²) in [6.07, 6.45) is 0.516. The van der Waals surface area contributed by atoms with Crippen LogP contribution in [-0.2, 0) is 10.3 Å². The molecular formula is C29H32N4O2. The number of imide groups is 1. The van der Waals surface area contributed by atoms with Gasteiger partial charge in [-0.1, -0.05) is 97.9 Å². The molecule has 3 amide bonds. The summed E-state index contributed by atoms with van der Waals surface area (Å²) in [5.41, 5.74) is 2.40. The van der Waals surface area contributed by atoms with E-state index in [1.54, 1.807) is 0 Å². The highest BCUT2D eigenvalue weighted by Crippen LogP contribution is 2.33. The Morgan fingerprint density at radius 1 is 0.771 bits per heavy atom. The first-order valence-electron chi connectivity index (χ1n) is 12.4. The van der Waals surface area contributed by atoms with E-state index in [2.05, 4.69) is 63.6 Å². The summed E-state index contributed by atoms with van der Waals surface area (Å²) in [5, 5.41) is 2.99. The number of benzene rings is 3. The highest BCUT2D eigenvalue weighted by Gasteiger charge is 2.51. The molecule has 0 saturated carbocycles. The third-order valence-electron chi connectivity index (χ3n) is 7.32. The van der Waals surface area contributed by atoms with E-state index in [0.29, 0.717) is 13.1 Å². The molecule has 2 saturated heterocycles. The number of piperazine rings is 1. The van der Waals surface area contributed by atoms with Crippen molar-refractivity contribution in [1.82, 2.24) is 20.0 Å². The number of rotatable bonds is 7. The number of hydrogen-bond acceptors (Lipinski definition) is 4. The molecular weight excluding hydrogens is 436 g/mol. The van der Waals surface area contributed by atoms with Crippen molar-refractivity contribution in [2.24, 2.45) is 0 Å². The van der Waals surface area contributed by atoms with Crippen LogP contribution in [0.15, 0.2) is 91.0 Å². The van der Waals surface area contributed by atoms with Crippen LogP contribution in [0, 0.1) is 0 Å². The Balaban J connectivity index is 1.28. The number of amides is 3. The van der Waals surface area contributed by atoms with Crippen LogP contribution in [0.5, 0.6) is 0 Å². The Kier molecular flexibility index (Phi) is 6.66. The molecule has 0 spiro atoms. The molecule has 0 aliphatic carbocycles. The van der Waals surface area contributed by atoms with Gasteiger partial charge in [-0.05, 0) is 23.1 Å². The number of carbonyl (C=O) groups is 2. The molecule has 2 fully saturated rings. The molecule has 3 aromatic carbocycles. The molecule has 2 heterocycles. The van der Waals surface area contributed by atoms with Gasteiger partial charge in [0.1, 0.15) is 5.54 Å². The Labute approximate surface area is 207 Å². The van der Waals surface area contributed by atoms with Crippen LogP contribution >= 0.6 is 0 Å². The van der Waals surface area contributed by atoms with Crippen LogP contribution in [0.2, 0.25) is 0 Å². The van der Waals surface area contributed by atoms with Crippen molar-refractivity contribution >= 4 is 11.9 Å². The fourth-order valence-electron chi connectivity index (χ4n) is 5.36. The molecule has 0 radical (unpaired) electrons. The molecule has 2 aliphatic heterocycles. The lowest BCUT2D eigenvalue weighted by molar-refractivity contribution is -0.133. The third-order valence-corrected chi connectivity index (χ3v) is 7.32. The SMILES string of the molecule is CC[C@]1(c2ccccc2)NC(=O)N(CN2CCN(C(c3ccccc3)c3ccccc3)CC2)C1=O. The minimum absolute atomic E-state index is 0.162. The van der Waals surface area contributed by atoms with Gasteiger partial charge in [0, 0.05) is 26.2 Å². The summed E-state index contributed by atoms with van der Waals surface area (Å²) in [7, 11) is 0. The van der Waals surface area contributed by atoms with Gasteiger partial charge < -0.3 is 5.32 Å². The van der Waals surface area contributed by atoms with Gasteiger partial charge >= 0.3 is 6.03 Å². The Hall–Kier alpha value is -3.48. The van der Waals surface area contributed by atoms with E-state index < -0.39 is 5.54 Å². The smallest absolute Gasteiger partial charge is 0.319 e. The van der Waals surface area contributed by atoms with Gasteiger partial charge in [0.05, 0.1) is 12.7 Å².